The molecule has 1 amide bonds. The lowest BCUT2D eigenvalue weighted by Gasteiger charge is -2.11. The van der Waals surface area contributed by atoms with Crippen molar-refractivity contribution in [3.8, 4) is 11.5 Å². The number of nitrogens with one attached hydrogen (secondary N) is 2. The van der Waals surface area contributed by atoms with Crippen LogP contribution in [-0.2, 0) is 0 Å². The summed E-state index contributed by atoms with van der Waals surface area (Å²) < 4.78 is 5.05. The number of benzene rings is 1. The maximum absolute atomic E-state index is 12.0. The van der Waals surface area contributed by atoms with Crippen LogP contribution in [0.2, 0.25) is 0 Å². The first-order valence-electron chi connectivity index (χ1n) is 6.56. The highest BCUT2D eigenvalue weighted by Crippen LogP contribution is 2.22. The van der Waals surface area contributed by atoms with E-state index in [1.165, 1.54) is 19.6 Å². The standard InChI is InChI=1S/C14H20N2O3.ClH/c1-19-11-2-3-13(17)12(8-11)14(18)16-7-5-10-4-6-15-9-10;/h2-3,8,10,15,17H,4-7,9H2,1H3,(H,16,18);1H. The number of aromatic hydroxyl groups is 1. The molecule has 20 heavy (non-hydrogen) atoms. The average Bonchev–Trinajstić information content (AvgIpc) is 2.92. The maximum Gasteiger partial charge on any atom is 0.255 e. The monoisotopic (exact) mass is 300 g/mol. The van der Waals surface area contributed by atoms with E-state index >= 15 is 0 Å². The molecule has 0 spiro atoms. The molecule has 0 radical (unpaired) electrons. The van der Waals surface area contributed by atoms with E-state index in [2.05, 4.69) is 10.6 Å². The topological polar surface area (TPSA) is 70.6 Å². The summed E-state index contributed by atoms with van der Waals surface area (Å²) in [7, 11) is 1.53. The van der Waals surface area contributed by atoms with Gasteiger partial charge in [0.1, 0.15) is 11.5 Å². The fourth-order valence-corrected chi connectivity index (χ4v) is 2.27. The van der Waals surface area contributed by atoms with E-state index in [1.54, 1.807) is 12.1 Å². The van der Waals surface area contributed by atoms with Crippen LogP contribution < -0.4 is 15.4 Å². The van der Waals surface area contributed by atoms with Crippen molar-refractivity contribution in [1.82, 2.24) is 10.6 Å². The molecule has 1 aliphatic heterocycles. The van der Waals surface area contributed by atoms with Gasteiger partial charge in [-0.3, -0.25) is 4.79 Å². The summed E-state index contributed by atoms with van der Waals surface area (Å²) in [5, 5.41) is 15.8. The van der Waals surface area contributed by atoms with Gasteiger partial charge in [-0.05, 0) is 50.0 Å². The van der Waals surface area contributed by atoms with Crippen molar-refractivity contribution in [1.29, 1.82) is 0 Å². The number of hydrogen-bond donors (Lipinski definition) is 3. The fourth-order valence-electron chi connectivity index (χ4n) is 2.27. The third-order valence-electron chi connectivity index (χ3n) is 3.45. The van der Waals surface area contributed by atoms with Gasteiger partial charge >= 0.3 is 0 Å². The van der Waals surface area contributed by atoms with Crippen molar-refractivity contribution in [3.05, 3.63) is 23.8 Å². The zero-order valence-electron chi connectivity index (χ0n) is 11.5. The molecule has 6 heteroatoms. The van der Waals surface area contributed by atoms with Gasteiger partial charge in [0.2, 0.25) is 0 Å². The quantitative estimate of drug-likeness (QED) is 0.772. The molecule has 0 saturated carbocycles. The van der Waals surface area contributed by atoms with E-state index in [9.17, 15) is 9.90 Å². The Bertz CT molecular complexity index is 448. The maximum atomic E-state index is 12.0. The first kappa shape index (κ1) is 16.6. The van der Waals surface area contributed by atoms with Crippen LogP contribution in [0.3, 0.4) is 0 Å². The summed E-state index contributed by atoms with van der Waals surface area (Å²) in [6.07, 6.45) is 2.13. The highest BCUT2D eigenvalue weighted by atomic mass is 35.5. The van der Waals surface area contributed by atoms with Gasteiger partial charge in [0, 0.05) is 6.54 Å². The Morgan fingerprint density at radius 1 is 1.55 bits per heavy atom. The molecule has 5 nitrogen and oxygen atoms in total. The highest BCUT2D eigenvalue weighted by Gasteiger charge is 2.16. The molecular formula is C14H21ClN2O3. The Hall–Kier alpha value is -1.46. The minimum atomic E-state index is -0.262. The number of carbonyl (C=O) groups is 1. The number of rotatable bonds is 5. The number of phenolic OH excluding ortho intramolecular Hbond substituents is 1. The molecule has 1 atom stereocenters. The second kappa shape index (κ2) is 7.97. The lowest BCUT2D eigenvalue weighted by atomic mass is 10.1. The smallest absolute Gasteiger partial charge is 0.255 e. The number of ether oxygens (including phenoxy) is 1. The molecule has 2 rings (SSSR count). The number of hydrogen-bond acceptors (Lipinski definition) is 4. The summed E-state index contributed by atoms with van der Waals surface area (Å²) in [5.74, 6) is 0.908. The first-order valence-corrected chi connectivity index (χ1v) is 6.56. The first-order chi connectivity index (χ1) is 9.20. The lowest BCUT2D eigenvalue weighted by Crippen LogP contribution is -2.26. The lowest BCUT2D eigenvalue weighted by molar-refractivity contribution is 0.0948. The van der Waals surface area contributed by atoms with E-state index in [0.717, 1.165) is 19.5 Å². The Morgan fingerprint density at radius 2 is 2.35 bits per heavy atom. The van der Waals surface area contributed by atoms with E-state index in [-0.39, 0.29) is 29.6 Å². The molecule has 1 saturated heterocycles. The van der Waals surface area contributed by atoms with Crippen molar-refractivity contribution in [2.24, 2.45) is 5.92 Å². The van der Waals surface area contributed by atoms with E-state index in [4.69, 9.17) is 4.74 Å². The zero-order valence-corrected chi connectivity index (χ0v) is 12.3. The Balaban J connectivity index is 0.00000200. The van der Waals surface area contributed by atoms with Crippen LogP contribution >= 0.6 is 12.4 Å². The molecule has 0 aliphatic carbocycles. The van der Waals surface area contributed by atoms with Crippen molar-refractivity contribution >= 4 is 18.3 Å². The fraction of sp³-hybridized carbons (Fsp3) is 0.500. The largest absolute Gasteiger partial charge is 0.507 e. The summed E-state index contributed by atoms with van der Waals surface area (Å²) in [5.41, 5.74) is 0.254. The van der Waals surface area contributed by atoms with Crippen molar-refractivity contribution in [2.45, 2.75) is 12.8 Å². The molecule has 3 N–H and O–H groups in total. The molecule has 1 unspecified atom stereocenters. The Labute approximate surface area is 125 Å². The van der Waals surface area contributed by atoms with Crippen LogP contribution in [-0.4, -0.2) is 37.8 Å². The van der Waals surface area contributed by atoms with Crippen molar-refractivity contribution in [3.63, 3.8) is 0 Å². The van der Waals surface area contributed by atoms with Gasteiger partial charge in [-0.2, -0.15) is 0 Å². The van der Waals surface area contributed by atoms with Crippen LogP contribution in [0.5, 0.6) is 11.5 Å². The molecule has 1 aliphatic rings. The van der Waals surface area contributed by atoms with Crippen LogP contribution in [0.15, 0.2) is 18.2 Å². The third kappa shape index (κ3) is 4.28. The zero-order chi connectivity index (χ0) is 13.7. The number of carbonyl (C=O) groups excluding carboxylic acids is 1. The number of methoxy groups -OCH3 is 1. The highest BCUT2D eigenvalue weighted by molar-refractivity contribution is 5.97. The second-order valence-corrected chi connectivity index (χ2v) is 4.79. The van der Waals surface area contributed by atoms with Gasteiger partial charge in [0.05, 0.1) is 12.7 Å². The third-order valence-corrected chi connectivity index (χ3v) is 3.45. The van der Waals surface area contributed by atoms with Gasteiger partial charge in [-0.15, -0.1) is 12.4 Å². The normalized spacial score (nSPS) is 17.4. The van der Waals surface area contributed by atoms with Crippen LogP contribution in [0.1, 0.15) is 23.2 Å². The van der Waals surface area contributed by atoms with Gasteiger partial charge in [-0.1, -0.05) is 0 Å². The van der Waals surface area contributed by atoms with Crippen molar-refractivity contribution < 1.29 is 14.6 Å². The summed E-state index contributed by atoms with van der Waals surface area (Å²) in [6.45, 7) is 2.72. The summed E-state index contributed by atoms with van der Waals surface area (Å²) in [6, 6.07) is 4.63. The minimum Gasteiger partial charge on any atom is -0.507 e. The summed E-state index contributed by atoms with van der Waals surface area (Å²) >= 11 is 0. The van der Waals surface area contributed by atoms with Gasteiger partial charge in [0.25, 0.3) is 5.91 Å². The molecule has 112 valence electrons. The van der Waals surface area contributed by atoms with Crippen LogP contribution in [0, 0.1) is 5.92 Å². The number of halogens is 1. The van der Waals surface area contributed by atoms with Gasteiger partial charge in [0.15, 0.2) is 0 Å². The Morgan fingerprint density at radius 3 is 3.00 bits per heavy atom. The SMILES string of the molecule is COc1ccc(O)c(C(=O)NCCC2CCNC2)c1.Cl. The molecule has 1 fully saturated rings. The summed E-state index contributed by atoms with van der Waals surface area (Å²) in [4.78, 5) is 12.0. The predicted octanol–water partition coefficient (Wildman–Crippen LogP) is 1.55. The molecule has 1 aromatic rings. The predicted molar refractivity (Wildman–Crippen MR) is 79.8 cm³/mol. The molecule has 1 aromatic carbocycles. The van der Waals surface area contributed by atoms with Crippen LogP contribution in [0.4, 0.5) is 0 Å². The van der Waals surface area contributed by atoms with E-state index in [0.29, 0.717) is 18.2 Å². The van der Waals surface area contributed by atoms with Crippen molar-refractivity contribution in [2.75, 3.05) is 26.7 Å². The second-order valence-electron chi connectivity index (χ2n) is 4.79. The van der Waals surface area contributed by atoms with Gasteiger partial charge in [-0.25, -0.2) is 0 Å². The van der Waals surface area contributed by atoms with E-state index < -0.39 is 0 Å². The minimum absolute atomic E-state index is 0. The van der Waals surface area contributed by atoms with Gasteiger partial charge < -0.3 is 20.5 Å². The molecule has 1 heterocycles. The molecular weight excluding hydrogens is 280 g/mol. The van der Waals surface area contributed by atoms with E-state index in [1.807, 2.05) is 0 Å². The molecule has 0 bridgehead atoms. The van der Waals surface area contributed by atoms with Crippen LogP contribution in [0.25, 0.3) is 0 Å². The molecule has 0 aromatic heterocycles. The Kier molecular flexibility index (Phi) is 6.61. The number of amides is 1. The average molecular weight is 301 g/mol. The number of phenols is 1.